The van der Waals surface area contributed by atoms with Gasteiger partial charge in [0.05, 0.1) is 0 Å². The van der Waals surface area contributed by atoms with Gasteiger partial charge in [-0.1, -0.05) is 24.3 Å². The van der Waals surface area contributed by atoms with Crippen LogP contribution in [0.15, 0.2) is 29.3 Å². The van der Waals surface area contributed by atoms with Crippen molar-refractivity contribution in [2.24, 2.45) is 10.7 Å². The number of nitrogens with two attached hydrogens (primary N) is 1. The van der Waals surface area contributed by atoms with Crippen LogP contribution < -0.4 is 11.1 Å². The first-order chi connectivity index (χ1) is 10.6. The molecule has 0 aromatic heterocycles. The molecule has 3 N–H and O–H groups in total. The van der Waals surface area contributed by atoms with E-state index in [-0.39, 0.29) is 11.9 Å². The van der Waals surface area contributed by atoms with Gasteiger partial charge in [-0.25, -0.2) is 0 Å². The molecule has 5 heteroatoms. The zero-order valence-corrected chi connectivity index (χ0v) is 13.5. The van der Waals surface area contributed by atoms with E-state index in [1.807, 2.05) is 24.8 Å². The minimum absolute atomic E-state index is 0.208. The molecule has 0 unspecified atom stereocenters. The average Bonchev–Trinajstić information content (AvgIpc) is 2.50. The number of carbonyl (C=O) groups is 1. The zero-order chi connectivity index (χ0) is 15.9. The molecule has 1 aliphatic heterocycles. The lowest BCUT2D eigenvalue weighted by molar-refractivity contribution is -0.132. The molecule has 0 radical (unpaired) electrons. The molecule has 0 spiro atoms. The Labute approximate surface area is 132 Å². The van der Waals surface area contributed by atoms with Gasteiger partial charge < -0.3 is 16.0 Å². The summed E-state index contributed by atoms with van der Waals surface area (Å²) < 4.78 is 0. The molecule has 1 heterocycles. The third kappa shape index (κ3) is 4.76. The summed E-state index contributed by atoms with van der Waals surface area (Å²) in [6, 6.07) is 8.63. The molecular formula is C17H26N4O. The van der Waals surface area contributed by atoms with E-state index in [1.165, 1.54) is 11.1 Å². The Morgan fingerprint density at radius 1 is 1.36 bits per heavy atom. The summed E-state index contributed by atoms with van der Waals surface area (Å²) in [7, 11) is 0. The summed E-state index contributed by atoms with van der Waals surface area (Å²) in [5, 5.41) is 3.04. The van der Waals surface area contributed by atoms with Crippen LogP contribution in [0.3, 0.4) is 0 Å². The molecule has 1 amide bonds. The number of carbonyl (C=O) groups excluding carboxylic acids is 1. The summed E-state index contributed by atoms with van der Waals surface area (Å²) in [6.07, 6.45) is 2.21. The van der Waals surface area contributed by atoms with Crippen LogP contribution in [0.1, 0.15) is 37.8 Å². The third-order valence-electron chi connectivity index (χ3n) is 3.75. The predicted octanol–water partition coefficient (Wildman–Crippen LogP) is 1.66. The second kappa shape index (κ2) is 7.82. The van der Waals surface area contributed by atoms with Crippen LogP contribution >= 0.6 is 0 Å². The van der Waals surface area contributed by atoms with E-state index in [0.29, 0.717) is 18.9 Å². The van der Waals surface area contributed by atoms with Crippen LogP contribution in [-0.4, -0.2) is 35.9 Å². The van der Waals surface area contributed by atoms with Crippen molar-refractivity contribution in [1.29, 1.82) is 0 Å². The summed E-state index contributed by atoms with van der Waals surface area (Å²) >= 11 is 0. The highest BCUT2D eigenvalue weighted by Crippen LogP contribution is 2.19. The lowest BCUT2D eigenvalue weighted by atomic mass is 9.99. The maximum atomic E-state index is 12.3. The number of amides is 1. The van der Waals surface area contributed by atoms with Gasteiger partial charge in [-0.05, 0) is 37.8 Å². The van der Waals surface area contributed by atoms with Crippen LogP contribution in [-0.2, 0) is 17.8 Å². The minimum atomic E-state index is 0.208. The Kier molecular flexibility index (Phi) is 5.81. The number of rotatable bonds is 5. The van der Waals surface area contributed by atoms with Gasteiger partial charge in [0.1, 0.15) is 0 Å². The fraction of sp³-hybridized carbons (Fsp3) is 0.529. The van der Waals surface area contributed by atoms with Crippen molar-refractivity contribution in [3.63, 3.8) is 0 Å². The van der Waals surface area contributed by atoms with E-state index in [1.54, 1.807) is 0 Å². The number of hydrogen-bond acceptors (Lipinski definition) is 2. The second-order valence-electron chi connectivity index (χ2n) is 6.00. The Hall–Kier alpha value is -2.04. The molecule has 1 aromatic rings. The highest BCUT2D eigenvalue weighted by atomic mass is 16.2. The van der Waals surface area contributed by atoms with E-state index in [2.05, 4.69) is 28.5 Å². The van der Waals surface area contributed by atoms with Crippen molar-refractivity contribution >= 4 is 11.9 Å². The molecule has 1 aromatic carbocycles. The SMILES string of the molecule is CC(C)NC(N)=NCCCC(=O)N1CCc2ccccc2C1. The maximum Gasteiger partial charge on any atom is 0.222 e. The first kappa shape index (κ1) is 16.3. The summed E-state index contributed by atoms with van der Waals surface area (Å²) in [6.45, 7) is 6.16. The Balaban J connectivity index is 1.75. The number of fused-ring (bicyclic) bond motifs is 1. The molecule has 0 fully saturated rings. The summed E-state index contributed by atoms with van der Waals surface area (Å²) in [4.78, 5) is 18.4. The van der Waals surface area contributed by atoms with Crippen molar-refractivity contribution in [3.8, 4) is 0 Å². The van der Waals surface area contributed by atoms with Crippen molar-refractivity contribution < 1.29 is 4.79 Å². The van der Waals surface area contributed by atoms with Gasteiger partial charge in [-0.15, -0.1) is 0 Å². The molecule has 120 valence electrons. The van der Waals surface area contributed by atoms with Crippen molar-refractivity contribution in [2.45, 2.75) is 45.7 Å². The Bertz CT molecular complexity index is 539. The second-order valence-corrected chi connectivity index (χ2v) is 6.00. The molecule has 0 aliphatic carbocycles. The van der Waals surface area contributed by atoms with E-state index in [4.69, 9.17) is 5.73 Å². The Morgan fingerprint density at radius 2 is 2.09 bits per heavy atom. The normalized spacial score (nSPS) is 14.9. The number of guanidine groups is 1. The fourth-order valence-electron chi connectivity index (χ4n) is 2.64. The van der Waals surface area contributed by atoms with E-state index in [0.717, 1.165) is 25.9 Å². The van der Waals surface area contributed by atoms with Gasteiger partial charge in [0.25, 0.3) is 0 Å². The first-order valence-corrected chi connectivity index (χ1v) is 7.97. The summed E-state index contributed by atoms with van der Waals surface area (Å²) in [5.74, 6) is 0.662. The fourth-order valence-corrected chi connectivity index (χ4v) is 2.64. The lowest BCUT2D eigenvalue weighted by Crippen LogP contribution is -2.37. The van der Waals surface area contributed by atoms with E-state index >= 15 is 0 Å². The third-order valence-corrected chi connectivity index (χ3v) is 3.75. The quantitative estimate of drug-likeness (QED) is 0.494. The van der Waals surface area contributed by atoms with Gasteiger partial charge in [0, 0.05) is 32.1 Å². The van der Waals surface area contributed by atoms with E-state index < -0.39 is 0 Å². The molecular weight excluding hydrogens is 276 g/mol. The van der Waals surface area contributed by atoms with Crippen LogP contribution in [0.4, 0.5) is 0 Å². The molecule has 22 heavy (non-hydrogen) atoms. The lowest BCUT2D eigenvalue weighted by Gasteiger charge is -2.28. The predicted molar refractivity (Wildman–Crippen MR) is 89.6 cm³/mol. The summed E-state index contributed by atoms with van der Waals surface area (Å²) in [5.41, 5.74) is 8.36. The minimum Gasteiger partial charge on any atom is -0.370 e. The van der Waals surface area contributed by atoms with Gasteiger partial charge in [-0.3, -0.25) is 9.79 Å². The van der Waals surface area contributed by atoms with Crippen LogP contribution in [0.2, 0.25) is 0 Å². The molecule has 5 nitrogen and oxygen atoms in total. The maximum absolute atomic E-state index is 12.3. The van der Waals surface area contributed by atoms with Crippen LogP contribution in [0, 0.1) is 0 Å². The van der Waals surface area contributed by atoms with Crippen LogP contribution in [0.25, 0.3) is 0 Å². The molecule has 1 aliphatic rings. The topological polar surface area (TPSA) is 70.7 Å². The van der Waals surface area contributed by atoms with Gasteiger partial charge in [-0.2, -0.15) is 0 Å². The highest BCUT2D eigenvalue weighted by Gasteiger charge is 2.19. The standard InChI is InChI=1S/C17H26N4O/c1-13(2)20-17(18)19-10-5-8-16(22)21-11-9-14-6-3-4-7-15(14)12-21/h3-4,6-7,13H,5,8-12H2,1-2H3,(H3,18,19,20). The number of aliphatic imine (C=N–C) groups is 1. The monoisotopic (exact) mass is 302 g/mol. The first-order valence-electron chi connectivity index (χ1n) is 7.97. The number of hydrogen-bond donors (Lipinski definition) is 2. The molecule has 2 rings (SSSR count). The zero-order valence-electron chi connectivity index (χ0n) is 13.5. The van der Waals surface area contributed by atoms with Crippen molar-refractivity contribution in [1.82, 2.24) is 10.2 Å². The van der Waals surface area contributed by atoms with Gasteiger partial charge in [0.15, 0.2) is 5.96 Å². The van der Waals surface area contributed by atoms with Gasteiger partial charge >= 0.3 is 0 Å². The largest absolute Gasteiger partial charge is 0.370 e. The van der Waals surface area contributed by atoms with Gasteiger partial charge in [0.2, 0.25) is 5.91 Å². The van der Waals surface area contributed by atoms with Crippen molar-refractivity contribution in [2.75, 3.05) is 13.1 Å². The molecule has 0 saturated heterocycles. The molecule has 0 atom stereocenters. The smallest absolute Gasteiger partial charge is 0.222 e. The average molecular weight is 302 g/mol. The number of nitrogens with zero attached hydrogens (tertiary/aromatic N) is 2. The highest BCUT2D eigenvalue weighted by molar-refractivity contribution is 5.78. The number of nitrogens with one attached hydrogen (secondary N) is 1. The van der Waals surface area contributed by atoms with Crippen molar-refractivity contribution in [3.05, 3.63) is 35.4 Å². The molecule has 0 bridgehead atoms. The van der Waals surface area contributed by atoms with Crippen LogP contribution in [0.5, 0.6) is 0 Å². The Morgan fingerprint density at radius 3 is 2.82 bits per heavy atom. The van der Waals surface area contributed by atoms with E-state index in [9.17, 15) is 4.79 Å². The molecule has 0 saturated carbocycles. The number of benzene rings is 1.